The summed E-state index contributed by atoms with van der Waals surface area (Å²) in [5.41, 5.74) is 0. The van der Waals surface area contributed by atoms with E-state index < -0.39 is 24.0 Å². The fourth-order valence-electron chi connectivity index (χ4n) is 2.02. The van der Waals surface area contributed by atoms with Crippen molar-refractivity contribution in [1.82, 2.24) is 10.2 Å². The number of aliphatic carboxylic acids is 2. The number of carbonyl (C=O) groups excluding carboxylic acids is 1. The minimum Gasteiger partial charge on any atom is -0.481 e. The first-order valence-corrected chi connectivity index (χ1v) is 8.20. The number of urea groups is 1. The molecule has 1 heterocycles. The molecule has 0 aliphatic heterocycles. The van der Waals surface area contributed by atoms with Gasteiger partial charge in [-0.3, -0.25) is 4.79 Å². The number of carboxylic acids is 2. The van der Waals surface area contributed by atoms with Gasteiger partial charge in [0.1, 0.15) is 6.04 Å². The van der Waals surface area contributed by atoms with E-state index >= 15 is 0 Å². The van der Waals surface area contributed by atoms with Crippen LogP contribution >= 0.6 is 11.3 Å². The minimum atomic E-state index is -1.12. The van der Waals surface area contributed by atoms with Gasteiger partial charge in [-0.2, -0.15) is 0 Å². The van der Waals surface area contributed by atoms with Crippen molar-refractivity contribution < 1.29 is 24.6 Å². The summed E-state index contributed by atoms with van der Waals surface area (Å²) in [4.78, 5) is 36.6. The number of rotatable bonds is 9. The van der Waals surface area contributed by atoms with Crippen molar-refractivity contribution in [2.24, 2.45) is 5.92 Å². The number of nitrogens with one attached hydrogen (secondary N) is 1. The molecule has 0 spiro atoms. The molecule has 1 rings (SSSR count). The highest BCUT2D eigenvalue weighted by atomic mass is 32.1. The van der Waals surface area contributed by atoms with E-state index in [4.69, 9.17) is 5.11 Å². The summed E-state index contributed by atoms with van der Waals surface area (Å²) in [6.07, 6.45) is 0.0238. The third kappa shape index (κ3) is 7.14. The molecular formula is C15H22N2O5S. The molecule has 1 atom stereocenters. The summed E-state index contributed by atoms with van der Waals surface area (Å²) in [7, 11) is 0. The molecule has 0 aliphatic rings. The largest absolute Gasteiger partial charge is 0.481 e. The SMILES string of the molecule is CC(C)CN(CCC(=O)O)C(=O)N[C@@H](Cc1cccs1)C(=O)O. The average molecular weight is 342 g/mol. The van der Waals surface area contributed by atoms with Crippen molar-refractivity contribution in [3.63, 3.8) is 0 Å². The molecule has 1 aromatic rings. The van der Waals surface area contributed by atoms with Crippen molar-refractivity contribution in [2.75, 3.05) is 13.1 Å². The summed E-state index contributed by atoms with van der Waals surface area (Å²) < 4.78 is 0. The van der Waals surface area contributed by atoms with Gasteiger partial charge in [-0.05, 0) is 17.4 Å². The Morgan fingerprint density at radius 2 is 2.00 bits per heavy atom. The van der Waals surface area contributed by atoms with Gasteiger partial charge in [0.25, 0.3) is 0 Å². The molecule has 23 heavy (non-hydrogen) atoms. The van der Waals surface area contributed by atoms with Crippen LogP contribution in [0.3, 0.4) is 0 Å². The van der Waals surface area contributed by atoms with Gasteiger partial charge in [0.15, 0.2) is 0 Å². The maximum Gasteiger partial charge on any atom is 0.326 e. The van der Waals surface area contributed by atoms with Crippen LogP contribution in [0.4, 0.5) is 4.79 Å². The molecule has 0 aliphatic carbocycles. The zero-order valence-corrected chi connectivity index (χ0v) is 14.0. The van der Waals surface area contributed by atoms with Crippen LogP contribution in [0.2, 0.25) is 0 Å². The Morgan fingerprint density at radius 3 is 2.48 bits per heavy atom. The van der Waals surface area contributed by atoms with Crippen molar-refractivity contribution in [3.8, 4) is 0 Å². The van der Waals surface area contributed by atoms with Crippen molar-refractivity contribution in [1.29, 1.82) is 0 Å². The standard InChI is InChI=1S/C15H22N2O5S/c1-10(2)9-17(6-5-13(18)19)15(22)16-12(14(20)21)8-11-4-3-7-23-11/h3-4,7,10,12H,5-6,8-9H2,1-2H3,(H,16,22)(H,18,19)(H,20,21)/t12-/m0/s1. The molecule has 0 unspecified atom stereocenters. The van der Waals surface area contributed by atoms with E-state index in [9.17, 15) is 19.5 Å². The first-order chi connectivity index (χ1) is 10.8. The Morgan fingerprint density at radius 1 is 1.30 bits per heavy atom. The van der Waals surface area contributed by atoms with E-state index in [1.807, 2.05) is 31.4 Å². The maximum atomic E-state index is 12.3. The summed E-state index contributed by atoms with van der Waals surface area (Å²) in [5, 5.41) is 22.4. The number of nitrogens with zero attached hydrogens (tertiary/aromatic N) is 1. The number of carbonyl (C=O) groups is 3. The zero-order valence-electron chi connectivity index (χ0n) is 13.2. The van der Waals surface area contributed by atoms with Crippen molar-refractivity contribution in [3.05, 3.63) is 22.4 Å². The topological polar surface area (TPSA) is 107 Å². The molecular weight excluding hydrogens is 320 g/mol. The van der Waals surface area contributed by atoms with Gasteiger partial charge in [0, 0.05) is 24.4 Å². The Hall–Kier alpha value is -2.09. The van der Waals surface area contributed by atoms with Crippen molar-refractivity contribution >= 4 is 29.3 Å². The molecule has 3 N–H and O–H groups in total. The number of hydrogen-bond acceptors (Lipinski definition) is 4. The lowest BCUT2D eigenvalue weighted by molar-refractivity contribution is -0.139. The normalized spacial score (nSPS) is 12.0. The quantitative estimate of drug-likeness (QED) is 0.635. The Balaban J connectivity index is 2.71. The summed E-state index contributed by atoms with van der Waals surface area (Å²) in [5.74, 6) is -1.97. The average Bonchev–Trinajstić information content (AvgIpc) is 2.94. The van der Waals surface area contributed by atoms with Gasteiger partial charge in [-0.15, -0.1) is 11.3 Å². The zero-order chi connectivity index (χ0) is 17.4. The monoisotopic (exact) mass is 342 g/mol. The van der Waals surface area contributed by atoms with Crippen LogP contribution in [0, 0.1) is 5.92 Å². The number of carboxylic acid groups (broad SMARTS) is 2. The molecule has 0 bridgehead atoms. The molecule has 8 heteroatoms. The lowest BCUT2D eigenvalue weighted by atomic mass is 10.2. The van der Waals surface area contributed by atoms with Crippen LogP contribution in [0.1, 0.15) is 25.1 Å². The molecule has 0 fully saturated rings. The molecule has 128 valence electrons. The van der Waals surface area contributed by atoms with E-state index in [0.717, 1.165) is 4.88 Å². The molecule has 0 saturated carbocycles. The van der Waals surface area contributed by atoms with E-state index in [1.54, 1.807) is 0 Å². The molecule has 7 nitrogen and oxygen atoms in total. The minimum absolute atomic E-state index is 0.0463. The highest BCUT2D eigenvalue weighted by Crippen LogP contribution is 2.12. The highest BCUT2D eigenvalue weighted by Gasteiger charge is 2.24. The number of hydrogen-bond donors (Lipinski definition) is 3. The van der Waals surface area contributed by atoms with Crippen molar-refractivity contribution in [2.45, 2.75) is 32.7 Å². The predicted molar refractivity (Wildman–Crippen MR) is 86.6 cm³/mol. The van der Waals surface area contributed by atoms with Gasteiger partial charge in [-0.25, -0.2) is 9.59 Å². The molecule has 0 aromatic carbocycles. The predicted octanol–water partition coefficient (Wildman–Crippen LogP) is 1.89. The van der Waals surface area contributed by atoms with Crippen LogP contribution in [-0.4, -0.2) is 52.2 Å². The van der Waals surface area contributed by atoms with Gasteiger partial charge in [0.05, 0.1) is 6.42 Å². The lowest BCUT2D eigenvalue weighted by Crippen LogP contribution is -2.50. The molecule has 0 saturated heterocycles. The van der Waals surface area contributed by atoms with Crippen LogP contribution in [0.25, 0.3) is 0 Å². The second kappa shape index (κ2) is 9.14. The van der Waals surface area contributed by atoms with Crippen LogP contribution < -0.4 is 5.32 Å². The number of thiophene rings is 1. The maximum absolute atomic E-state index is 12.3. The van der Waals surface area contributed by atoms with E-state index in [-0.39, 0.29) is 25.3 Å². The van der Waals surface area contributed by atoms with Gasteiger partial charge >= 0.3 is 18.0 Å². The third-order valence-electron chi connectivity index (χ3n) is 3.05. The first-order valence-electron chi connectivity index (χ1n) is 7.32. The first kappa shape index (κ1) is 19.0. The van der Waals surface area contributed by atoms with E-state index in [0.29, 0.717) is 6.54 Å². The summed E-state index contributed by atoms with van der Waals surface area (Å²) in [6.45, 7) is 4.22. The van der Waals surface area contributed by atoms with E-state index in [1.165, 1.54) is 16.2 Å². The fraction of sp³-hybridized carbons (Fsp3) is 0.533. The lowest BCUT2D eigenvalue weighted by Gasteiger charge is -2.26. The number of amides is 2. The smallest absolute Gasteiger partial charge is 0.326 e. The van der Waals surface area contributed by atoms with Crippen LogP contribution in [-0.2, 0) is 16.0 Å². The Labute approximate surface area is 138 Å². The second-order valence-corrected chi connectivity index (χ2v) is 6.64. The molecule has 1 aromatic heterocycles. The second-order valence-electron chi connectivity index (χ2n) is 5.61. The van der Waals surface area contributed by atoms with Gasteiger partial charge < -0.3 is 20.4 Å². The summed E-state index contributed by atoms with van der Waals surface area (Å²) >= 11 is 1.42. The molecule has 0 radical (unpaired) electrons. The van der Waals surface area contributed by atoms with Gasteiger partial charge in [0.2, 0.25) is 0 Å². The van der Waals surface area contributed by atoms with E-state index in [2.05, 4.69) is 5.32 Å². The Kier molecular flexibility index (Phi) is 7.53. The third-order valence-corrected chi connectivity index (χ3v) is 3.95. The van der Waals surface area contributed by atoms with Crippen LogP contribution in [0.5, 0.6) is 0 Å². The summed E-state index contributed by atoms with van der Waals surface area (Å²) in [6, 6.07) is 2.03. The molecule has 2 amide bonds. The van der Waals surface area contributed by atoms with Gasteiger partial charge in [-0.1, -0.05) is 19.9 Å². The fourth-order valence-corrected chi connectivity index (χ4v) is 2.77. The highest BCUT2D eigenvalue weighted by molar-refractivity contribution is 7.09. The Bertz CT molecular complexity index is 530. The van der Waals surface area contributed by atoms with Crippen LogP contribution in [0.15, 0.2) is 17.5 Å².